The molecule has 3 rings (SSSR count). The molecule has 0 unspecified atom stereocenters. The van der Waals surface area contributed by atoms with E-state index in [9.17, 15) is 9.59 Å². The highest BCUT2D eigenvalue weighted by Crippen LogP contribution is 2.23. The fraction of sp³-hybridized carbons (Fsp3) is 0.211. The van der Waals surface area contributed by atoms with E-state index in [0.29, 0.717) is 15.6 Å². The van der Waals surface area contributed by atoms with Crippen LogP contribution in [0.5, 0.6) is 5.75 Å². The van der Waals surface area contributed by atoms with Crippen molar-refractivity contribution >= 4 is 45.0 Å². The lowest BCUT2D eigenvalue weighted by Crippen LogP contribution is -2.23. The predicted octanol–water partition coefficient (Wildman–Crippen LogP) is 3.67. The minimum atomic E-state index is -0.501. The van der Waals surface area contributed by atoms with Gasteiger partial charge in [-0.25, -0.2) is 0 Å². The molecule has 0 radical (unpaired) electrons. The number of methoxy groups -OCH3 is 1. The van der Waals surface area contributed by atoms with E-state index in [2.05, 4.69) is 4.99 Å². The number of esters is 1. The van der Waals surface area contributed by atoms with Gasteiger partial charge in [-0.15, -0.1) is 0 Å². The molecule has 0 aliphatic heterocycles. The number of hydrogen-bond donors (Lipinski definition) is 0. The molecule has 0 aliphatic carbocycles. The van der Waals surface area contributed by atoms with E-state index in [1.54, 1.807) is 23.6 Å². The number of carbonyl (C=O) groups excluding carboxylic acids is 2. The number of ether oxygens (including phenoxy) is 2. The van der Waals surface area contributed by atoms with Crippen LogP contribution in [0.2, 0.25) is 5.02 Å². The van der Waals surface area contributed by atoms with Crippen molar-refractivity contribution in [2.45, 2.75) is 13.5 Å². The second-order valence-corrected chi connectivity index (χ2v) is 6.95. The highest BCUT2D eigenvalue weighted by atomic mass is 35.5. The third kappa shape index (κ3) is 4.20. The smallest absolute Gasteiger partial charge is 0.326 e. The quantitative estimate of drug-likeness (QED) is 0.608. The normalized spacial score (nSPS) is 11.6. The fourth-order valence-corrected chi connectivity index (χ4v) is 3.79. The van der Waals surface area contributed by atoms with Crippen LogP contribution in [0.25, 0.3) is 10.2 Å². The minimum Gasteiger partial charge on any atom is -0.496 e. The molecule has 27 heavy (non-hydrogen) atoms. The van der Waals surface area contributed by atoms with Crippen molar-refractivity contribution in [1.29, 1.82) is 0 Å². The summed E-state index contributed by atoms with van der Waals surface area (Å²) in [6.45, 7) is 2.00. The number of carbonyl (C=O) groups is 2. The summed E-state index contributed by atoms with van der Waals surface area (Å²) in [5.41, 5.74) is 1.06. The Hall–Kier alpha value is -2.64. The van der Waals surface area contributed by atoms with Crippen LogP contribution in [-0.4, -0.2) is 30.2 Å². The van der Waals surface area contributed by atoms with Crippen LogP contribution in [0.4, 0.5) is 0 Å². The summed E-state index contributed by atoms with van der Waals surface area (Å²) in [7, 11) is 1.47. The molecular formula is C19H17ClN2O4S. The Labute approximate surface area is 164 Å². The molecule has 3 aromatic rings. The van der Waals surface area contributed by atoms with Crippen molar-refractivity contribution in [1.82, 2.24) is 4.57 Å². The van der Waals surface area contributed by atoms with Gasteiger partial charge in [0, 0.05) is 5.02 Å². The molecule has 0 bridgehead atoms. The van der Waals surface area contributed by atoms with E-state index in [4.69, 9.17) is 21.1 Å². The molecule has 0 fully saturated rings. The average Bonchev–Trinajstić information content (AvgIpc) is 2.99. The number of rotatable bonds is 5. The molecule has 6 nitrogen and oxygen atoms in total. The number of fused-ring (bicyclic) bond motifs is 1. The van der Waals surface area contributed by atoms with Gasteiger partial charge in [0.05, 0.1) is 29.5 Å². The summed E-state index contributed by atoms with van der Waals surface area (Å²) in [5.74, 6) is -0.514. The molecule has 140 valence electrons. The van der Waals surface area contributed by atoms with Crippen LogP contribution in [-0.2, 0) is 16.1 Å². The molecule has 1 heterocycles. The Morgan fingerprint density at radius 1 is 1.22 bits per heavy atom. The summed E-state index contributed by atoms with van der Waals surface area (Å²) < 4.78 is 12.9. The van der Waals surface area contributed by atoms with E-state index in [0.717, 1.165) is 10.2 Å². The molecule has 0 saturated heterocycles. The Balaban J connectivity index is 2.11. The van der Waals surface area contributed by atoms with Gasteiger partial charge in [0.25, 0.3) is 5.91 Å². The SMILES string of the molecule is CCOC(=O)Cn1c(=NC(=O)c2cc(Cl)ccc2OC)sc2ccccc21. The Kier molecular flexibility index (Phi) is 5.93. The highest BCUT2D eigenvalue weighted by molar-refractivity contribution is 7.16. The van der Waals surface area contributed by atoms with E-state index in [1.807, 2.05) is 24.3 Å². The first kappa shape index (κ1) is 19.1. The van der Waals surface area contributed by atoms with Gasteiger partial charge >= 0.3 is 5.97 Å². The van der Waals surface area contributed by atoms with Crippen molar-refractivity contribution in [3.05, 3.63) is 57.9 Å². The number of halogens is 1. The number of nitrogens with zero attached hydrogens (tertiary/aromatic N) is 2. The number of benzene rings is 2. The Morgan fingerprint density at radius 2 is 2.00 bits per heavy atom. The largest absolute Gasteiger partial charge is 0.496 e. The first-order valence-corrected chi connectivity index (χ1v) is 9.39. The number of aromatic nitrogens is 1. The first-order valence-electron chi connectivity index (χ1n) is 8.20. The lowest BCUT2D eigenvalue weighted by Gasteiger charge is -2.06. The first-order chi connectivity index (χ1) is 13.0. The minimum absolute atomic E-state index is 0.0311. The lowest BCUT2D eigenvalue weighted by atomic mass is 10.2. The molecule has 1 amide bonds. The molecule has 0 atom stereocenters. The highest BCUT2D eigenvalue weighted by Gasteiger charge is 2.15. The van der Waals surface area contributed by atoms with Crippen LogP contribution in [0, 0.1) is 0 Å². The van der Waals surface area contributed by atoms with E-state index < -0.39 is 11.9 Å². The van der Waals surface area contributed by atoms with Crippen LogP contribution in [0.3, 0.4) is 0 Å². The lowest BCUT2D eigenvalue weighted by molar-refractivity contribution is -0.143. The molecule has 0 saturated carbocycles. The van der Waals surface area contributed by atoms with Gasteiger partial charge in [-0.2, -0.15) is 4.99 Å². The zero-order valence-electron chi connectivity index (χ0n) is 14.8. The average molecular weight is 405 g/mol. The maximum absolute atomic E-state index is 12.8. The summed E-state index contributed by atoms with van der Waals surface area (Å²) in [6.07, 6.45) is 0. The number of thiazole rings is 1. The second-order valence-electron chi connectivity index (χ2n) is 5.51. The van der Waals surface area contributed by atoms with E-state index in [1.165, 1.54) is 24.5 Å². The van der Waals surface area contributed by atoms with Gasteiger partial charge in [0.2, 0.25) is 0 Å². The molecule has 0 aliphatic rings. The zero-order chi connectivity index (χ0) is 19.4. The predicted molar refractivity (Wildman–Crippen MR) is 104 cm³/mol. The van der Waals surface area contributed by atoms with E-state index >= 15 is 0 Å². The van der Waals surface area contributed by atoms with Gasteiger partial charge in [0.1, 0.15) is 12.3 Å². The van der Waals surface area contributed by atoms with Crippen LogP contribution < -0.4 is 9.54 Å². The van der Waals surface area contributed by atoms with Crippen molar-refractivity contribution in [3.8, 4) is 5.75 Å². The van der Waals surface area contributed by atoms with Gasteiger partial charge in [0.15, 0.2) is 4.80 Å². The van der Waals surface area contributed by atoms with Gasteiger partial charge in [-0.3, -0.25) is 9.59 Å². The summed E-state index contributed by atoms with van der Waals surface area (Å²) >= 11 is 7.33. The van der Waals surface area contributed by atoms with Crippen molar-refractivity contribution < 1.29 is 19.1 Å². The van der Waals surface area contributed by atoms with Crippen molar-refractivity contribution in [2.24, 2.45) is 4.99 Å². The molecule has 2 aromatic carbocycles. The standard InChI is InChI=1S/C19H17ClN2O4S/c1-3-26-17(23)11-22-14-6-4-5-7-16(14)27-19(22)21-18(24)13-10-12(20)8-9-15(13)25-2/h4-10H,3,11H2,1-2H3. The van der Waals surface area contributed by atoms with E-state index in [-0.39, 0.29) is 18.7 Å². The number of para-hydroxylation sites is 1. The van der Waals surface area contributed by atoms with Crippen LogP contribution in [0.15, 0.2) is 47.5 Å². The third-order valence-electron chi connectivity index (χ3n) is 3.77. The van der Waals surface area contributed by atoms with Gasteiger partial charge < -0.3 is 14.0 Å². The summed E-state index contributed by atoms with van der Waals surface area (Å²) in [6, 6.07) is 12.3. The Morgan fingerprint density at radius 3 is 2.74 bits per heavy atom. The zero-order valence-corrected chi connectivity index (χ0v) is 16.3. The monoisotopic (exact) mass is 404 g/mol. The second kappa shape index (κ2) is 8.37. The third-order valence-corrected chi connectivity index (χ3v) is 5.06. The molecule has 0 N–H and O–H groups in total. The fourth-order valence-electron chi connectivity index (χ4n) is 2.59. The van der Waals surface area contributed by atoms with Crippen molar-refractivity contribution in [3.63, 3.8) is 0 Å². The van der Waals surface area contributed by atoms with Gasteiger partial charge in [-0.05, 0) is 37.3 Å². The topological polar surface area (TPSA) is 69.9 Å². The molecule has 8 heteroatoms. The van der Waals surface area contributed by atoms with Crippen LogP contribution in [0.1, 0.15) is 17.3 Å². The Bertz CT molecular complexity index is 1070. The molecule has 0 spiro atoms. The number of amides is 1. The summed E-state index contributed by atoms with van der Waals surface area (Å²) in [5, 5.41) is 0.407. The maximum Gasteiger partial charge on any atom is 0.326 e. The van der Waals surface area contributed by atoms with Crippen LogP contribution >= 0.6 is 22.9 Å². The summed E-state index contributed by atoms with van der Waals surface area (Å²) in [4.78, 5) is 29.4. The molecule has 1 aromatic heterocycles. The van der Waals surface area contributed by atoms with Crippen molar-refractivity contribution in [2.75, 3.05) is 13.7 Å². The maximum atomic E-state index is 12.8. The van der Waals surface area contributed by atoms with Gasteiger partial charge in [-0.1, -0.05) is 35.1 Å². The molecular weight excluding hydrogens is 388 g/mol. The number of hydrogen-bond acceptors (Lipinski definition) is 5.